The quantitative estimate of drug-likeness (QED) is 0.810. The molecule has 1 amide bonds. The number of rotatable bonds is 7. The van der Waals surface area contributed by atoms with Crippen molar-refractivity contribution in [3.63, 3.8) is 0 Å². The minimum Gasteiger partial charge on any atom is -0.482 e. The van der Waals surface area contributed by atoms with E-state index in [1.807, 2.05) is 24.6 Å². The van der Waals surface area contributed by atoms with Crippen LogP contribution in [0.15, 0.2) is 24.3 Å². The van der Waals surface area contributed by atoms with E-state index in [0.29, 0.717) is 22.3 Å². The third-order valence-electron chi connectivity index (χ3n) is 3.49. The van der Waals surface area contributed by atoms with Crippen molar-refractivity contribution in [2.75, 3.05) is 13.2 Å². The summed E-state index contributed by atoms with van der Waals surface area (Å²) in [5, 5.41) is 8.20. The van der Waals surface area contributed by atoms with Crippen LogP contribution in [0, 0.1) is 19.8 Å². The number of amides is 1. The highest BCUT2D eigenvalue weighted by Gasteiger charge is 2.10. The van der Waals surface area contributed by atoms with Crippen molar-refractivity contribution in [1.82, 2.24) is 15.1 Å². The molecule has 2 aromatic rings. The van der Waals surface area contributed by atoms with Crippen molar-refractivity contribution in [1.29, 1.82) is 0 Å². The lowest BCUT2D eigenvalue weighted by Crippen LogP contribution is -2.33. The van der Waals surface area contributed by atoms with Gasteiger partial charge in [-0.15, -0.1) is 0 Å². The summed E-state index contributed by atoms with van der Waals surface area (Å²) in [6, 6.07) is 6.92. The van der Waals surface area contributed by atoms with Crippen molar-refractivity contribution in [3.05, 3.63) is 45.7 Å². The van der Waals surface area contributed by atoms with Crippen LogP contribution in [-0.2, 0) is 11.3 Å². The number of aromatic nitrogens is 2. The van der Waals surface area contributed by atoms with Crippen LogP contribution in [-0.4, -0.2) is 28.8 Å². The van der Waals surface area contributed by atoms with Gasteiger partial charge >= 0.3 is 0 Å². The van der Waals surface area contributed by atoms with Crippen LogP contribution in [0.25, 0.3) is 0 Å². The lowest BCUT2D eigenvalue weighted by molar-refractivity contribution is -0.123. The minimum atomic E-state index is -0.203. The number of carbonyl (C=O) groups excluding carboxylic acids is 1. The third-order valence-corrected chi connectivity index (χ3v) is 4.04. The Morgan fingerprint density at radius 1 is 1.33 bits per heavy atom. The maximum atomic E-state index is 11.9. The molecule has 5 nitrogen and oxygen atoms in total. The van der Waals surface area contributed by atoms with Crippen molar-refractivity contribution in [2.24, 2.45) is 5.92 Å². The first-order chi connectivity index (χ1) is 11.3. The van der Waals surface area contributed by atoms with E-state index in [2.05, 4.69) is 17.3 Å². The first-order valence-electron chi connectivity index (χ1n) is 7.70. The van der Waals surface area contributed by atoms with Gasteiger partial charge in [0.05, 0.1) is 10.7 Å². The van der Waals surface area contributed by atoms with E-state index in [0.717, 1.165) is 17.9 Å². The van der Waals surface area contributed by atoms with Crippen molar-refractivity contribution >= 4 is 29.1 Å². The zero-order valence-electron chi connectivity index (χ0n) is 14.0. The number of benzene rings is 1. The molecule has 24 heavy (non-hydrogen) atoms. The number of carbonyl (C=O) groups is 1. The summed E-state index contributed by atoms with van der Waals surface area (Å²) in [5.41, 5.74) is 2.11. The standard InChI is InChI=1S/C17H21Cl2N3O2/c1-11(9-22-13(3)6-12(2)21-22)8-20-17(23)10-24-16-7-14(18)4-5-15(16)19/h4-7,11H,8-10H2,1-3H3,(H,20,23). The molecule has 0 spiro atoms. The smallest absolute Gasteiger partial charge is 0.257 e. The molecular weight excluding hydrogens is 349 g/mol. The topological polar surface area (TPSA) is 56.2 Å². The molecule has 0 radical (unpaired) electrons. The number of halogens is 2. The molecule has 0 aliphatic heterocycles. The molecule has 0 fully saturated rings. The van der Waals surface area contributed by atoms with Crippen LogP contribution in [0.5, 0.6) is 5.75 Å². The van der Waals surface area contributed by atoms with Gasteiger partial charge in [0.15, 0.2) is 6.61 Å². The Labute approximate surface area is 151 Å². The zero-order valence-corrected chi connectivity index (χ0v) is 15.5. The number of nitrogens with one attached hydrogen (secondary N) is 1. The molecule has 1 aromatic heterocycles. The average molecular weight is 370 g/mol. The molecule has 1 aromatic carbocycles. The molecule has 0 saturated carbocycles. The minimum absolute atomic E-state index is 0.104. The van der Waals surface area contributed by atoms with E-state index in [1.165, 1.54) is 0 Å². The van der Waals surface area contributed by atoms with Gasteiger partial charge in [-0.1, -0.05) is 30.1 Å². The summed E-state index contributed by atoms with van der Waals surface area (Å²) in [5.74, 6) is 0.447. The molecule has 1 heterocycles. The largest absolute Gasteiger partial charge is 0.482 e. The summed E-state index contributed by atoms with van der Waals surface area (Å²) in [4.78, 5) is 11.9. The second-order valence-electron chi connectivity index (χ2n) is 5.88. The number of aryl methyl sites for hydroxylation is 2. The predicted octanol–water partition coefficient (Wildman–Crippen LogP) is 3.64. The number of ether oxygens (including phenoxy) is 1. The van der Waals surface area contributed by atoms with E-state index < -0.39 is 0 Å². The normalized spacial score (nSPS) is 12.0. The van der Waals surface area contributed by atoms with Crippen LogP contribution in [0.4, 0.5) is 0 Å². The fourth-order valence-corrected chi connectivity index (χ4v) is 2.62. The van der Waals surface area contributed by atoms with Crippen LogP contribution in [0.1, 0.15) is 18.3 Å². The molecular formula is C17H21Cl2N3O2. The molecule has 1 N–H and O–H groups in total. The zero-order chi connectivity index (χ0) is 17.7. The second kappa shape index (κ2) is 8.40. The van der Waals surface area contributed by atoms with Gasteiger partial charge in [-0.05, 0) is 38.0 Å². The summed E-state index contributed by atoms with van der Waals surface area (Å²) in [6.07, 6.45) is 0. The molecule has 1 atom stereocenters. The van der Waals surface area contributed by atoms with Crippen LogP contribution < -0.4 is 10.1 Å². The summed E-state index contributed by atoms with van der Waals surface area (Å²) in [6.45, 7) is 7.24. The molecule has 0 aliphatic rings. The Kier molecular flexibility index (Phi) is 6.52. The third kappa shape index (κ3) is 5.42. The molecule has 0 bridgehead atoms. The molecule has 130 valence electrons. The highest BCUT2D eigenvalue weighted by molar-refractivity contribution is 6.34. The number of hydrogen-bond donors (Lipinski definition) is 1. The molecule has 0 saturated heterocycles. The van der Waals surface area contributed by atoms with E-state index >= 15 is 0 Å². The first kappa shape index (κ1) is 18.6. The molecule has 0 aliphatic carbocycles. The maximum Gasteiger partial charge on any atom is 0.257 e. The maximum absolute atomic E-state index is 11.9. The fourth-order valence-electron chi connectivity index (χ4n) is 2.29. The van der Waals surface area contributed by atoms with Gasteiger partial charge in [0.2, 0.25) is 0 Å². The summed E-state index contributed by atoms with van der Waals surface area (Å²) in [7, 11) is 0. The SMILES string of the molecule is Cc1cc(C)n(CC(C)CNC(=O)COc2cc(Cl)ccc2Cl)n1. The van der Waals surface area contributed by atoms with E-state index in [1.54, 1.807) is 18.2 Å². The van der Waals surface area contributed by atoms with Gasteiger partial charge in [0, 0.05) is 29.9 Å². The van der Waals surface area contributed by atoms with Crippen molar-refractivity contribution < 1.29 is 9.53 Å². The summed E-state index contributed by atoms with van der Waals surface area (Å²) < 4.78 is 7.36. The monoisotopic (exact) mass is 369 g/mol. The van der Waals surface area contributed by atoms with Gasteiger partial charge in [0.25, 0.3) is 5.91 Å². The van der Waals surface area contributed by atoms with Gasteiger partial charge in [-0.3, -0.25) is 9.48 Å². The lowest BCUT2D eigenvalue weighted by atomic mass is 10.2. The fraction of sp³-hybridized carbons (Fsp3) is 0.412. The first-order valence-corrected chi connectivity index (χ1v) is 8.46. The highest BCUT2D eigenvalue weighted by Crippen LogP contribution is 2.27. The Hall–Kier alpha value is -1.72. The van der Waals surface area contributed by atoms with E-state index in [9.17, 15) is 4.79 Å². The van der Waals surface area contributed by atoms with Gasteiger partial charge in [-0.2, -0.15) is 5.10 Å². The highest BCUT2D eigenvalue weighted by atomic mass is 35.5. The van der Waals surface area contributed by atoms with E-state index in [4.69, 9.17) is 27.9 Å². The van der Waals surface area contributed by atoms with Crippen LogP contribution in [0.3, 0.4) is 0 Å². The number of hydrogen-bond acceptors (Lipinski definition) is 3. The van der Waals surface area contributed by atoms with Crippen LogP contribution >= 0.6 is 23.2 Å². The van der Waals surface area contributed by atoms with Crippen molar-refractivity contribution in [3.8, 4) is 5.75 Å². The molecule has 2 rings (SSSR count). The Morgan fingerprint density at radius 2 is 2.08 bits per heavy atom. The summed E-state index contributed by atoms with van der Waals surface area (Å²) >= 11 is 11.9. The Bertz CT molecular complexity index is 716. The average Bonchev–Trinajstić information content (AvgIpc) is 2.83. The second-order valence-corrected chi connectivity index (χ2v) is 6.73. The predicted molar refractivity (Wildman–Crippen MR) is 95.8 cm³/mol. The van der Waals surface area contributed by atoms with Crippen molar-refractivity contribution in [2.45, 2.75) is 27.3 Å². The Morgan fingerprint density at radius 3 is 2.75 bits per heavy atom. The Balaban J connectivity index is 1.76. The number of nitrogens with zero attached hydrogens (tertiary/aromatic N) is 2. The van der Waals surface area contributed by atoms with Gasteiger partial charge in [0.1, 0.15) is 5.75 Å². The van der Waals surface area contributed by atoms with Crippen LogP contribution in [0.2, 0.25) is 10.0 Å². The van der Waals surface area contributed by atoms with Gasteiger partial charge < -0.3 is 10.1 Å². The van der Waals surface area contributed by atoms with E-state index in [-0.39, 0.29) is 18.4 Å². The molecule has 7 heteroatoms. The molecule has 1 unspecified atom stereocenters. The van der Waals surface area contributed by atoms with Gasteiger partial charge in [-0.25, -0.2) is 0 Å². The lowest BCUT2D eigenvalue weighted by Gasteiger charge is -2.14.